The summed E-state index contributed by atoms with van der Waals surface area (Å²) in [5.41, 5.74) is 2.23. The summed E-state index contributed by atoms with van der Waals surface area (Å²) in [6.45, 7) is 4.38. The quantitative estimate of drug-likeness (QED) is 0.915. The minimum atomic E-state index is 0.508. The van der Waals surface area contributed by atoms with Gasteiger partial charge in [0, 0.05) is 18.5 Å². The lowest BCUT2D eigenvalue weighted by Crippen LogP contribution is -2.25. The molecule has 0 fully saturated rings. The van der Waals surface area contributed by atoms with E-state index in [-0.39, 0.29) is 0 Å². The molecule has 0 spiro atoms. The molecule has 1 aromatic heterocycles. The fourth-order valence-corrected chi connectivity index (χ4v) is 2.50. The summed E-state index contributed by atoms with van der Waals surface area (Å²) in [5.74, 6) is 2.42. The van der Waals surface area contributed by atoms with E-state index in [1.807, 2.05) is 25.1 Å². The van der Waals surface area contributed by atoms with Crippen LogP contribution < -0.4 is 10.1 Å². The van der Waals surface area contributed by atoms with Gasteiger partial charge in [0.05, 0.1) is 18.8 Å². The van der Waals surface area contributed by atoms with Gasteiger partial charge in [0.15, 0.2) is 5.76 Å². The van der Waals surface area contributed by atoms with Crippen molar-refractivity contribution in [1.82, 2.24) is 10.5 Å². The Bertz CT molecular complexity index is 551. The maximum atomic E-state index is 5.67. The van der Waals surface area contributed by atoms with Crippen LogP contribution in [0.15, 0.2) is 34.9 Å². The van der Waals surface area contributed by atoms with Gasteiger partial charge in [0.1, 0.15) is 5.75 Å². The van der Waals surface area contributed by atoms with E-state index in [2.05, 4.69) is 22.6 Å². The van der Waals surface area contributed by atoms with Crippen LogP contribution in [0.1, 0.15) is 29.4 Å². The molecule has 0 saturated carbocycles. The summed E-state index contributed by atoms with van der Waals surface area (Å²) < 4.78 is 10.9. The van der Waals surface area contributed by atoms with Gasteiger partial charge in [-0.25, -0.2) is 0 Å². The van der Waals surface area contributed by atoms with E-state index < -0.39 is 0 Å². The van der Waals surface area contributed by atoms with Crippen molar-refractivity contribution in [2.75, 3.05) is 13.2 Å². The highest BCUT2D eigenvalue weighted by molar-refractivity contribution is 5.37. The van der Waals surface area contributed by atoms with E-state index in [4.69, 9.17) is 9.26 Å². The van der Waals surface area contributed by atoms with Crippen LogP contribution in [0.4, 0.5) is 0 Å². The average molecular weight is 258 g/mol. The van der Waals surface area contributed by atoms with Gasteiger partial charge in [-0.2, -0.15) is 0 Å². The second-order valence-electron chi connectivity index (χ2n) is 4.94. The molecule has 0 aliphatic carbocycles. The molecule has 4 nitrogen and oxygen atoms in total. The number of benzene rings is 1. The van der Waals surface area contributed by atoms with Crippen molar-refractivity contribution in [3.8, 4) is 5.75 Å². The van der Waals surface area contributed by atoms with Crippen molar-refractivity contribution in [3.63, 3.8) is 0 Å². The van der Waals surface area contributed by atoms with Gasteiger partial charge in [-0.1, -0.05) is 23.4 Å². The molecular weight excluding hydrogens is 240 g/mol. The van der Waals surface area contributed by atoms with Gasteiger partial charge in [-0.3, -0.25) is 0 Å². The van der Waals surface area contributed by atoms with Crippen molar-refractivity contribution in [2.45, 2.75) is 25.8 Å². The number of hydrogen-bond acceptors (Lipinski definition) is 4. The molecule has 0 amide bonds. The lowest BCUT2D eigenvalue weighted by atomic mass is 9.93. The summed E-state index contributed by atoms with van der Waals surface area (Å²) in [7, 11) is 0. The van der Waals surface area contributed by atoms with Crippen molar-refractivity contribution >= 4 is 0 Å². The first-order valence-electron chi connectivity index (χ1n) is 6.67. The molecule has 19 heavy (non-hydrogen) atoms. The molecule has 0 radical (unpaired) electrons. The predicted molar refractivity (Wildman–Crippen MR) is 72.2 cm³/mol. The topological polar surface area (TPSA) is 47.3 Å². The molecule has 1 unspecified atom stereocenters. The number of nitrogens with one attached hydrogen (secondary N) is 1. The molecule has 2 heterocycles. The Morgan fingerprint density at radius 1 is 1.37 bits per heavy atom. The fraction of sp³-hybridized carbons (Fsp3) is 0.400. The van der Waals surface area contributed by atoms with E-state index >= 15 is 0 Å². The van der Waals surface area contributed by atoms with Crippen molar-refractivity contribution in [2.24, 2.45) is 0 Å². The first kappa shape index (κ1) is 12.2. The highest BCUT2D eigenvalue weighted by Crippen LogP contribution is 2.32. The highest BCUT2D eigenvalue weighted by Gasteiger charge is 2.20. The maximum absolute atomic E-state index is 5.67. The van der Waals surface area contributed by atoms with Crippen LogP contribution in [0, 0.1) is 6.92 Å². The second kappa shape index (κ2) is 5.45. The summed E-state index contributed by atoms with van der Waals surface area (Å²) in [6, 6.07) is 10.2. The standard InChI is InChI=1S/C15H18N2O2/c1-11-8-13(19-17-11)10-16-9-12-6-7-18-15-5-3-2-4-14(12)15/h2-5,8,12,16H,6-7,9-10H2,1H3. The van der Waals surface area contributed by atoms with Crippen molar-refractivity contribution < 1.29 is 9.26 Å². The Morgan fingerprint density at radius 3 is 3.11 bits per heavy atom. The molecule has 1 aromatic carbocycles. The van der Waals surface area contributed by atoms with Crippen LogP contribution in [0.3, 0.4) is 0 Å². The Kier molecular flexibility index (Phi) is 3.51. The van der Waals surface area contributed by atoms with Gasteiger partial charge < -0.3 is 14.6 Å². The number of nitrogens with zero attached hydrogens (tertiary/aromatic N) is 1. The van der Waals surface area contributed by atoms with E-state index in [1.54, 1.807) is 0 Å². The van der Waals surface area contributed by atoms with Crippen LogP contribution in [-0.4, -0.2) is 18.3 Å². The normalized spacial score (nSPS) is 17.8. The van der Waals surface area contributed by atoms with E-state index in [0.717, 1.165) is 43.3 Å². The largest absolute Gasteiger partial charge is 0.493 e. The van der Waals surface area contributed by atoms with E-state index in [1.165, 1.54) is 5.56 Å². The zero-order valence-electron chi connectivity index (χ0n) is 11.1. The van der Waals surface area contributed by atoms with Crippen LogP contribution >= 0.6 is 0 Å². The van der Waals surface area contributed by atoms with E-state index in [0.29, 0.717) is 5.92 Å². The van der Waals surface area contributed by atoms with Gasteiger partial charge in [0.25, 0.3) is 0 Å². The monoisotopic (exact) mass is 258 g/mol. The Morgan fingerprint density at radius 2 is 2.26 bits per heavy atom. The Labute approximate surface area is 112 Å². The third-order valence-electron chi connectivity index (χ3n) is 3.45. The molecule has 0 saturated heterocycles. The molecule has 3 rings (SSSR count). The first-order valence-corrected chi connectivity index (χ1v) is 6.67. The van der Waals surface area contributed by atoms with Gasteiger partial charge in [-0.05, 0) is 25.0 Å². The number of rotatable bonds is 4. The summed E-state index contributed by atoms with van der Waals surface area (Å²) in [4.78, 5) is 0. The minimum Gasteiger partial charge on any atom is -0.493 e. The lowest BCUT2D eigenvalue weighted by molar-refractivity contribution is 0.263. The summed E-state index contributed by atoms with van der Waals surface area (Å²) in [5, 5.41) is 7.32. The molecule has 1 aliphatic rings. The highest BCUT2D eigenvalue weighted by atomic mass is 16.5. The number of para-hydroxylation sites is 1. The lowest BCUT2D eigenvalue weighted by Gasteiger charge is -2.25. The van der Waals surface area contributed by atoms with Gasteiger partial charge in [0.2, 0.25) is 0 Å². The van der Waals surface area contributed by atoms with Crippen LogP contribution in [0.2, 0.25) is 0 Å². The fourth-order valence-electron chi connectivity index (χ4n) is 2.50. The molecule has 4 heteroatoms. The predicted octanol–water partition coefficient (Wildman–Crippen LogP) is 2.64. The second-order valence-corrected chi connectivity index (χ2v) is 4.94. The average Bonchev–Trinajstić information content (AvgIpc) is 2.85. The Balaban J connectivity index is 1.59. The number of fused-ring (bicyclic) bond motifs is 1. The number of ether oxygens (including phenoxy) is 1. The minimum absolute atomic E-state index is 0.508. The number of hydrogen-bond donors (Lipinski definition) is 1. The SMILES string of the molecule is Cc1cc(CNCC2CCOc3ccccc32)on1. The smallest absolute Gasteiger partial charge is 0.150 e. The number of aromatic nitrogens is 1. The third-order valence-corrected chi connectivity index (χ3v) is 3.45. The molecular formula is C15H18N2O2. The number of aryl methyl sites for hydroxylation is 1. The molecule has 1 N–H and O–H groups in total. The zero-order chi connectivity index (χ0) is 13.1. The third kappa shape index (κ3) is 2.79. The summed E-state index contributed by atoms with van der Waals surface area (Å²) >= 11 is 0. The molecule has 1 aliphatic heterocycles. The molecule has 2 aromatic rings. The van der Waals surface area contributed by atoms with Gasteiger partial charge in [-0.15, -0.1) is 0 Å². The van der Waals surface area contributed by atoms with Crippen LogP contribution in [-0.2, 0) is 6.54 Å². The van der Waals surface area contributed by atoms with Crippen LogP contribution in [0.25, 0.3) is 0 Å². The molecule has 0 bridgehead atoms. The van der Waals surface area contributed by atoms with Crippen molar-refractivity contribution in [3.05, 3.63) is 47.3 Å². The van der Waals surface area contributed by atoms with Crippen molar-refractivity contribution in [1.29, 1.82) is 0 Å². The summed E-state index contributed by atoms with van der Waals surface area (Å²) in [6.07, 6.45) is 1.06. The van der Waals surface area contributed by atoms with Gasteiger partial charge >= 0.3 is 0 Å². The van der Waals surface area contributed by atoms with Crippen LogP contribution in [0.5, 0.6) is 5.75 Å². The molecule has 100 valence electrons. The maximum Gasteiger partial charge on any atom is 0.150 e. The Hall–Kier alpha value is -1.81. The first-order chi connectivity index (χ1) is 9.33. The van der Waals surface area contributed by atoms with E-state index in [9.17, 15) is 0 Å². The zero-order valence-corrected chi connectivity index (χ0v) is 11.1. The molecule has 1 atom stereocenters.